The number of carbonyl (C=O) groups excluding carboxylic acids is 2. The molecule has 0 aromatic carbocycles. The summed E-state index contributed by atoms with van der Waals surface area (Å²) in [6.45, 7) is 5.87. The fraction of sp³-hybridized carbons (Fsp3) is 0.875. The summed E-state index contributed by atoms with van der Waals surface area (Å²) < 4.78 is 9.61. The van der Waals surface area contributed by atoms with E-state index in [0.717, 1.165) is 19.3 Å². The second-order valence-corrected chi connectivity index (χ2v) is 5.89. The van der Waals surface area contributed by atoms with Crippen LogP contribution in [0.5, 0.6) is 0 Å². The van der Waals surface area contributed by atoms with E-state index in [1.807, 2.05) is 13.8 Å². The van der Waals surface area contributed by atoms with Crippen molar-refractivity contribution in [3.05, 3.63) is 0 Å². The Morgan fingerprint density at radius 3 is 2.10 bits per heavy atom. The Labute approximate surface area is 123 Å². The average Bonchev–Trinajstić information content (AvgIpc) is 2.44. The molecule has 4 nitrogen and oxygen atoms in total. The van der Waals surface area contributed by atoms with Crippen molar-refractivity contribution in [1.29, 1.82) is 0 Å². The summed E-state index contributed by atoms with van der Waals surface area (Å²) in [6, 6.07) is 0. The van der Waals surface area contributed by atoms with Gasteiger partial charge in [0.25, 0.3) is 0 Å². The normalized spacial score (nSPS) is 12.8. The summed E-state index contributed by atoms with van der Waals surface area (Å²) in [4.78, 5) is 23.4. The van der Waals surface area contributed by atoms with Crippen LogP contribution in [0.1, 0.15) is 65.7 Å². The number of rotatable bonds is 10. The first-order valence-corrected chi connectivity index (χ1v) is 7.55. The second-order valence-electron chi connectivity index (χ2n) is 5.89. The van der Waals surface area contributed by atoms with E-state index in [1.54, 1.807) is 0 Å². The summed E-state index contributed by atoms with van der Waals surface area (Å²) in [6.07, 6.45) is 6.94. The van der Waals surface area contributed by atoms with Crippen LogP contribution in [-0.2, 0) is 19.1 Å². The van der Waals surface area contributed by atoms with Crippen LogP contribution in [0.25, 0.3) is 0 Å². The Morgan fingerprint density at radius 1 is 1.00 bits per heavy atom. The Balaban J connectivity index is 4.56. The van der Waals surface area contributed by atoms with E-state index < -0.39 is 5.41 Å². The lowest BCUT2D eigenvalue weighted by molar-refractivity contribution is -0.156. The summed E-state index contributed by atoms with van der Waals surface area (Å²) in [5, 5.41) is 0. The minimum atomic E-state index is -0.659. The zero-order valence-corrected chi connectivity index (χ0v) is 13.7. The van der Waals surface area contributed by atoms with Crippen molar-refractivity contribution in [2.24, 2.45) is 11.3 Å². The standard InChI is InChI=1S/C16H30O4/c1-6-7-8-9-10-11-13(12-14(17)19-4)16(2,3)15(18)20-5/h13H,6-12H2,1-5H3/t13-/m1/s1. The quantitative estimate of drug-likeness (QED) is 0.453. The van der Waals surface area contributed by atoms with Gasteiger partial charge in [-0.1, -0.05) is 39.0 Å². The first-order chi connectivity index (χ1) is 9.39. The van der Waals surface area contributed by atoms with Gasteiger partial charge in [-0.3, -0.25) is 9.59 Å². The van der Waals surface area contributed by atoms with E-state index in [2.05, 4.69) is 6.92 Å². The van der Waals surface area contributed by atoms with Gasteiger partial charge in [0.05, 0.1) is 19.6 Å². The molecule has 0 rings (SSSR count). The molecule has 0 heterocycles. The largest absolute Gasteiger partial charge is 0.469 e. The fourth-order valence-electron chi connectivity index (χ4n) is 2.43. The molecule has 0 aromatic heterocycles. The molecule has 0 amide bonds. The zero-order valence-electron chi connectivity index (χ0n) is 13.7. The van der Waals surface area contributed by atoms with Crippen molar-refractivity contribution < 1.29 is 19.1 Å². The van der Waals surface area contributed by atoms with Gasteiger partial charge >= 0.3 is 11.9 Å². The van der Waals surface area contributed by atoms with E-state index in [1.165, 1.54) is 33.5 Å². The fourth-order valence-corrected chi connectivity index (χ4v) is 2.43. The number of hydrogen-bond donors (Lipinski definition) is 0. The monoisotopic (exact) mass is 286 g/mol. The molecule has 0 aliphatic carbocycles. The van der Waals surface area contributed by atoms with Crippen LogP contribution >= 0.6 is 0 Å². The Bertz CT molecular complexity index is 297. The number of methoxy groups -OCH3 is 2. The number of esters is 2. The smallest absolute Gasteiger partial charge is 0.311 e. The molecule has 0 spiro atoms. The molecule has 4 heteroatoms. The molecule has 118 valence electrons. The highest BCUT2D eigenvalue weighted by molar-refractivity contribution is 5.78. The van der Waals surface area contributed by atoms with Crippen LogP contribution in [0.3, 0.4) is 0 Å². The van der Waals surface area contributed by atoms with Gasteiger partial charge in [0.1, 0.15) is 0 Å². The third kappa shape index (κ3) is 6.40. The maximum atomic E-state index is 11.9. The molecule has 0 saturated carbocycles. The van der Waals surface area contributed by atoms with Gasteiger partial charge in [0.15, 0.2) is 0 Å². The molecule has 0 fully saturated rings. The molecule has 1 atom stereocenters. The van der Waals surface area contributed by atoms with Gasteiger partial charge in [-0.25, -0.2) is 0 Å². The molecular formula is C16H30O4. The lowest BCUT2D eigenvalue weighted by Crippen LogP contribution is -2.35. The van der Waals surface area contributed by atoms with Crippen LogP contribution in [0, 0.1) is 11.3 Å². The molecule has 0 aliphatic rings. The lowest BCUT2D eigenvalue weighted by Gasteiger charge is -2.31. The van der Waals surface area contributed by atoms with Crippen LogP contribution in [0.4, 0.5) is 0 Å². The van der Waals surface area contributed by atoms with E-state index in [-0.39, 0.29) is 24.3 Å². The summed E-state index contributed by atoms with van der Waals surface area (Å²) in [7, 11) is 2.77. The molecule has 0 bridgehead atoms. The van der Waals surface area contributed by atoms with Crippen LogP contribution in [0.2, 0.25) is 0 Å². The molecule has 0 unspecified atom stereocenters. The molecule has 0 saturated heterocycles. The molecule has 0 radical (unpaired) electrons. The van der Waals surface area contributed by atoms with Gasteiger partial charge in [-0.15, -0.1) is 0 Å². The molecule has 0 aliphatic heterocycles. The average molecular weight is 286 g/mol. The highest BCUT2D eigenvalue weighted by Crippen LogP contribution is 2.35. The maximum Gasteiger partial charge on any atom is 0.311 e. The second kappa shape index (κ2) is 9.78. The Kier molecular flexibility index (Phi) is 9.26. The first-order valence-electron chi connectivity index (χ1n) is 7.55. The molecule has 0 N–H and O–H groups in total. The number of unbranched alkanes of at least 4 members (excludes halogenated alkanes) is 4. The van der Waals surface area contributed by atoms with Gasteiger partial charge in [-0.2, -0.15) is 0 Å². The Morgan fingerprint density at radius 2 is 1.60 bits per heavy atom. The van der Waals surface area contributed by atoms with Crippen molar-refractivity contribution >= 4 is 11.9 Å². The zero-order chi connectivity index (χ0) is 15.6. The predicted octanol–water partition coefficient (Wildman–Crippen LogP) is 3.73. The predicted molar refractivity (Wildman–Crippen MR) is 79.3 cm³/mol. The van der Waals surface area contributed by atoms with Crippen LogP contribution in [0.15, 0.2) is 0 Å². The first kappa shape index (κ1) is 18.9. The van der Waals surface area contributed by atoms with Crippen molar-refractivity contribution in [3.8, 4) is 0 Å². The van der Waals surface area contributed by atoms with Gasteiger partial charge in [-0.05, 0) is 26.2 Å². The molecular weight excluding hydrogens is 256 g/mol. The topological polar surface area (TPSA) is 52.6 Å². The van der Waals surface area contributed by atoms with Crippen molar-refractivity contribution in [2.75, 3.05) is 14.2 Å². The maximum absolute atomic E-state index is 11.9. The molecule has 0 aromatic rings. The summed E-state index contributed by atoms with van der Waals surface area (Å²) >= 11 is 0. The van der Waals surface area contributed by atoms with E-state index in [4.69, 9.17) is 9.47 Å². The van der Waals surface area contributed by atoms with Crippen molar-refractivity contribution in [2.45, 2.75) is 65.7 Å². The minimum Gasteiger partial charge on any atom is -0.469 e. The summed E-state index contributed by atoms with van der Waals surface area (Å²) in [5.74, 6) is -0.565. The van der Waals surface area contributed by atoms with Crippen LogP contribution < -0.4 is 0 Å². The Hall–Kier alpha value is -1.06. The molecule has 20 heavy (non-hydrogen) atoms. The van der Waals surface area contributed by atoms with E-state index >= 15 is 0 Å². The van der Waals surface area contributed by atoms with Crippen molar-refractivity contribution in [1.82, 2.24) is 0 Å². The lowest BCUT2D eigenvalue weighted by atomic mass is 9.74. The van der Waals surface area contributed by atoms with E-state index in [9.17, 15) is 9.59 Å². The van der Waals surface area contributed by atoms with Crippen molar-refractivity contribution in [3.63, 3.8) is 0 Å². The van der Waals surface area contributed by atoms with Gasteiger partial charge < -0.3 is 9.47 Å². The third-order valence-corrected chi connectivity index (χ3v) is 4.03. The third-order valence-electron chi connectivity index (χ3n) is 4.03. The van der Waals surface area contributed by atoms with Gasteiger partial charge in [0.2, 0.25) is 0 Å². The highest BCUT2D eigenvalue weighted by Gasteiger charge is 2.38. The summed E-state index contributed by atoms with van der Waals surface area (Å²) in [5.41, 5.74) is -0.659. The van der Waals surface area contributed by atoms with Crippen LogP contribution in [-0.4, -0.2) is 26.2 Å². The number of ether oxygens (including phenoxy) is 2. The SMILES string of the molecule is CCCCCCC[C@H](CC(=O)OC)C(C)(C)C(=O)OC. The number of hydrogen-bond acceptors (Lipinski definition) is 4. The van der Waals surface area contributed by atoms with Gasteiger partial charge in [0, 0.05) is 6.42 Å². The number of carbonyl (C=O) groups is 2. The minimum absolute atomic E-state index is 0.0379. The van der Waals surface area contributed by atoms with E-state index in [0.29, 0.717) is 0 Å². The highest BCUT2D eigenvalue weighted by atomic mass is 16.5.